The molecular weight excluding hydrogens is 637 g/mol. The normalized spacial score (nSPS) is 19.9. The van der Waals surface area contributed by atoms with Crippen LogP contribution in [0.3, 0.4) is 0 Å². The van der Waals surface area contributed by atoms with Crippen molar-refractivity contribution >= 4 is 38.7 Å². The van der Waals surface area contributed by atoms with Crippen LogP contribution in [0.4, 0.5) is 0 Å². The van der Waals surface area contributed by atoms with Crippen LogP contribution in [0, 0.1) is 5.92 Å². The Morgan fingerprint density at radius 3 is 2.26 bits per heavy atom. The average molecular weight is 671 g/mol. The van der Waals surface area contributed by atoms with Gasteiger partial charge in [-0.25, -0.2) is 17.9 Å². The van der Waals surface area contributed by atoms with Gasteiger partial charge >= 0.3 is 5.97 Å². The topological polar surface area (TPSA) is 135 Å². The zero-order valence-electron chi connectivity index (χ0n) is 25.5. The minimum Gasteiger partial charge on any atom is -0.478 e. The van der Waals surface area contributed by atoms with E-state index in [2.05, 4.69) is 16.6 Å². The van der Waals surface area contributed by atoms with E-state index in [1.807, 2.05) is 60.7 Å². The number of sulfonamides is 1. The molecule has 1 saturated heterocycles. The van der Waals surface area contributed by atoms with E-state index < -0.39 is 22.3 Å². The van der Waals surface area contributed by atoms with Crippen LogP contribution >= 0.6 is 11.8 Å². The molecule has 0 amide bonds. The number of aromatic nitrogens is 1. The number of ether oxygens (including phenoxy) is 2. The van der Waals surface area contributed by atoms with Gasteiger partial charge in [-0.1, -0.05) is 73.7 Å². The molecule has 1 unspecified atom stereocenters. The summed E-state index contributed by atoms with van der Waals surface area (Å²) in [5, 5.41) is 19.5. The molecule has 47 heavy (non-hydrogen) atoms. The maximum Gasteiger partial charge on any atom is 0.335 e. The number of thioether (sulfide) groups is 1. The summed E-state index contributed by atoms with van der Waals surface area (Å²) in [6.45, 7) is 2.13. The van der Waals surface area contributed by atoms with Gasteiger partial charge in [-0.2, -0.15) is 0 Å². The molecule has 0 bridgehead atoms. The lowest BCUT2D eigenvalue weighted by Crippen LogP contribution is -2.38. The zero-order chi connectivity index (χ0) is 33.0. The van der Waals surface area contributed by atoms with Gasteiger partial charge in [-0.3, -0.25) is 4.98 Å². The number of nitrogens with one attached hydrogen (secondary N) is 1. The van der Waals surface area contributed by atoms with Gasteiger partial charge in [0, 0.05) is 40.3 Å². The summed E-state index contributed by atoms with van der Waals surface area (Å²) in [4.78, 5) is 16.6. The number of para-hydroxylation sites is 1. The van der Waals surface area contributed by atoms with Gasteiger partial charge in [-0.15, -0.1) is 11.8 Å². The Morgan fingerprint density at radius 1 is 0.872 bits per heavy atom. The number of fused-ring (bicyclic) bond motifs is 1. The molecule has 5 aromatic rings. The Balaban J connectivity index is 1.18. The summed E-state index contributed by atoms with van der Waals surface area (Å²) in [6.07, 6.45) is 0.400. The number of aromatic carboxylic acids is 1. The molecule has 4 atom stereocenters. The maximum absolute atomic E-state index is 13.2. The summed E-state index contributed by atoms with van der Waals surface area (Å²) >= 11 is 1.59. The number of pyridine rings is 1. The molecule has 1 fully saturated rings. The van der Waals surface area contributed by atoms with Crippen LogP contribution in [0.15, 0.2) is 119 Å². The molecule has 9 nitrogen and oxygen atoms in total. The minimum atomic E-state index is -3.82. The molecule has 6 rings (SSSR count). The number of benzene rings is 4. The summed E-state index contributed by atoms with van der Waals surface area (Å²) < 4.78 is 42.1. The number of aliphatic hydroxyl groups is 1. The van der Waals surface area contributed by atoms with Crippen LogP contribution in [0.2, 0.25) is 0 Å². The fourth-order valence-corrected chi connectivity index (χ4v) is 7.79. The number of carbonyl (C=O) groups is 1. The van der Waals surface area contributed by atoms with Gasteiger partial charge in [0.15, 0.2) is 6.29 Å². The second-order valence-electron chi connectivity index (χ2n) is 11.4. The molecule has 0 radical (unpaired) electrons. The van der Waals surface area contributed by atoms with Crippen LogP contribution in [0.5, 0.6) is 0 Å². The predicted molar refractivity (Wildman–Crippen MR) is 179 cm³/mol. The zero-order valence-corrected chi connectivity index (χ0v) is 27.2. The van der Waals surface area contributed by atoms with Crippen LogP contribution in [-0.4, -0.2) is 41.4 Å². The second kappa shape index (κ2) is 14.3. The predicted octanol–water partition coefficient (Wildman–Crippen LogP) is 6.49. The van der Waals surface area contributed by atoms with E-state index in [0.29, 0.717) is 11.3 Å². The molecule has 2 heterocycles. The fraction of sp³-hybridized carbons (Fsp3) is 0.222. The molecule has 0 aliphatic carbocycles. The highest BCUT2D eigenvalue weighted by Gasteiger charge is 2.38. The molecule has 11 heteroatoms. The lowest BCUT2D eigenvalue weighted by Gasteiger charge is -2.41. The number of hydrogen-bond acceptors (Lipinski definition) is 8. The van der Waals surface area contributed by atoms with E-state index in [1.54, 1.807) is 60.4 Å². The number of rotatable bonds is 11. The smallest absolute Gasteiger partial charge is 0.335 e. The van der Waals surface area contributed by atoms with Crippen molar-refractivity contribution in [3.8, 4) is 0 Å². The number of carboxylic acid groups (broad SMARTS) is 1. The Bertz CT molecular complexity index is 1950. The number of carboxylic acids is 1. The van der Waals surface area contributed by atoms with E-state index in [0.717, 1.165) is 32.5 Å². The largest absolute Gasteiger partial charge is 0.478 e. The number of hydrogen-bond donors (Lipinski definition) is 3. The van der Waals surface area contributed by atoms with Crippen molar-refractivity contribution in [3.05, 3.63) is 137 Å². The second-order valence-corrected chi connectivity index (χ2v) is 14.2. The SMILES string of the molecule is C[C@H]1[C@@H](CSc2ccc(C(=O)O)cc2)OC(c2ccc(CNS(=O)(=O)c3cccc4cccnc34)cc2)O[C@H]1c1ccc(CO)cc1. The molecule has 4 aromatic carbocycles. The van der Waals surface area contributed by atoms with Crippen molar-refractivity contribution in [2.45, 2.75) is 48.4 Å². The summed E-state index contributed by atoms with van der Waals surface area (Å²) in [7, 11) is -3.82. The Kier molecular flexibility index (Phi) is 10.0. The Hall–Kier alpha value is -4.10. The average Bonchev–Trinajstić information content (AvgIpc) is 3.10. The van der Waals surface area contributed by atoms with Crippen molar-refractivity contribution < 1.29 is 32.9 Å². The van der Waals surface area contributed by atoms with Gasteiger partial charge in [0.1, 0.15) is 4.90 Å². The first-order chi connectivity index (χ1) is 22.7. The van der Waals surface area contributed by atoms with Crippen LogP contribution in [-0.2, 0) is 32.6 Å². The van der Waals surface area contributed by atoms with Crippen molar-refractivity contribution in [1.82, 2.24) is 9.71 Å². The van der Waals surface area contributed by atoms with E-state index in [4.69, 9.17) is 9.47 Å². The molecule has 1 aliphatic rings. The Morgan fingerprint density at radius 2 is 1.55 bits per heavy atom. The summed E-state index contributed by atoms with van der Waals surface area (Å²) in [5.74, 6) is -0.373. The molecule has 1 aliphatic heterocycles. The summed E-state index contributed by atoms with van der Waals surface area (Å²) in [5.41, 5.74) is 3.99. The van der Waals surface area contributed by atoms with Crippen LogP contribution in [0.25, 0.3) is 10.9 Å². The highest BCUT2D eigenvalue weighted by Crippen LogP contribution is 2.43. The highest BCUT2D eigenvalue weighted by molar-refractivity contribution is 7.99. The number of aliphatic hydroxyl groups excluding tert-OH is 1. The first-order valence-electron chi connectivity index (χ1n) is 15.1. The highest BCUT2D eigenvalue weighted by atomic mass is 32.2. The number of nitrogens with zero attached hydrogens (tertiary/aromatic N) is 1. The first-order valence-corrected chi connectivity index (χ1v) is 17.6. The van der Waals surface area contributed by atoms with Crippen molar-refractivity contribution in [2.24, 2.45) is 5.92 Å². The monoisotopic (exact) mass is 670 g/mol. The standard InChI is InChI=1S/C36H34N2O7S2/c1-23-31(22-46-30-17-15-28(16-18-30)35(40)41)44-36(45-34(23)27-11-9-25(21-39)10-12-27)29-13-7-24(8-14-29)20-38-47(42,43)32-6-2-4-26-5-3-19-37-33(26)32/h2-19,23,31,34,36,38-39H,20-22H2,1H3,(H,40,41)/t23-,31+,34+,36?/m0/s1. The van der Waals surface area contributed by atoms with Gasteiger partial charge in [0.05, 0.1) is 29.9 Å². The minimum absolute atomic E-state index is 0.0192. The summed E-state index contributed by atoms with van der Waals surface area (Å²) in [6, 6.07) is 30.6. The van der Waals surface area contributed by atoms with E-state index in [1.165, 1.54) is 0 Å². The molecule has 0 spiro atoms. The van der Waals surface area contributed by atoms with E-state index in [-0.39, 0.29) is 41.7 Å². The van der Waals surface area contributed by atoms with Gasteiger partial charge in [-0.05, 0) is 53.1 Å². The van der Waals surface area contributed by atoms with E-state index in [9.17, 15) is 23.4 Å². The van der Waals surface area contributed by atoms with Crippen molar-refractivity contribution in [3.63, 3.8) is 0 Å². The quantitative estimate of drug-likeness (QED) is 0.135. The molecular formula is C36H34N2O7S2. The molecule has 1 aromatic heterocycles. The Labute approximate surface area is 277 Å². The third-order valence-corrected chi connectivity index (χ3v) is 10.8. The molecule has 3 N–H and O–H groups in total. The molecule has 242 valence electrons. The van der Waals surface area contributed by atoms with E-state index >= 15 is 0 Å². The third kappa shape index (κ3) is 7.57. The van der Waals surface area contributed by atoms with Gasteiger partial charge in [0.2, 0.25) is 10.0 Å². The first kappa shape index (κ1) is 32.8. The van der Waals surface area contributed by atoms with Gasteiger partial charge in [0.25, 0.3) is 0 Å². The van der Waals surface area contributed by atoms with Gasteiger partial charge < -0.3 is 19.7 Å². The lowest BCUT2D eigenvalue weighted by molar-refractivity contribution is -0.268. The maximum atomic E-state index is 13.2. The third-order valence-electron chi connectivity index (χ3n) is 8.24. The molecule has 0 saturated carbocycles. The fourth-order valence-electron chi connectivity index (χ4n) is 5.52. The lowest BCUT2D eigenvalue weighted by atomic mass is 9.91. The van der Waals surface area contributed by atoms with Crippen molar-refractivity contribution in [1.29, 1.82) is 0 Å². The van der Waals surface area contributed by atoms with Crippen molar-refractivity contribution in [2.75, 3.05) is 5.75 Å². The van der Waals surface area contributed by atoms with Crippen LogP contribution < -0.4 is 4.72 Å². The van der Waals surface area contributed by atoms with Crippen LogP contribution in [0.1, 0.15) is 51.9 Å².